The SMILES string of the molecule is CCCOC(=O)c1c(NC(=O)C(C)n2nc(C)c([N+](=O)[O-])c2C)sc(C(=O)OCC)c1C. The molecule has 0 radical (unpaired) electrons. The number of nitrogens with zero attached hydrogens (tertiary/aromatic N) is 3. The van der Waals surface area contributed by atoms with Crippen molar-refractivity contribution in [3.05, 3.63) is 37.5 Å². The molecule has 0 aliphatic carbocycles. The van der Waals surface area contributed by atoms with Gasteiger partial charge in [-0.2, -0.15) is 5.10 Å². The maximum atomic E-state index is 13.0. The maximum absolute atomic E-state index is 13.0. The number of aryl methyl sites for hydroxylation is 1. The fourth-order valence-electron chi connectivity index (χ4n) is 3.13. The van der Waals surface area contributed by atoms with Crippen LogP contribution in [0.25, 0.3) is 0 Å². The van der Waals surface area contributed by atoms with E-state index in [9.17, 15) is 24.5 Å². The Morgan fingerprint density at radius 2 is 1.84 bits per heavy atom. The molecule has 1 unspecified atom stereocenters. The Morgan fingerprint density at radius 1 is 1.19 bits per heavy atom. The zero-order valence-electron chi connectivity index (χ0n) is 18.8. The minimum absolute atomic E-state index is 0.0754. The van der Waals surface area contributed by atoms with E-state index in [0.29, 0.717) is 12.0 Å². The molecule has 0 saturated carbocycles. The maximum Gasteiger partial charge on any atom is 0.348 e. The zero-order valence-corrected chi connectivity index (χ0v) is 19.6. The summed E-state index contributed by atoms with van der Waals surface area (Å²) in [6.45, 7) is 9.94. The average Bonchev–Trinajstić information content (AvgIpc) is 3.21. The summed E-state index contributed by atoms with van der Waals surface area (Å²) in [7, 11) is 0. The third kappa shape index (κ3) is 4.96. The number of anilines is 1. The molecule has 32 heavy (non-hydrogen) atoms. The van der Waals surface area contributed by atoms with Gasteiger partial charge in [-0.1, -0.05) is 6.92 Å². The van der Waals surface area contributed by atoms with Gasteiger partial charge in [0.25, 0.3) is 0 Å². The van der Waals surface area contributed by atoms with Gasteiger partial charge in [-0.3, -0.25) is 19.6 Å². The van der Waals surface area contributed by atoms with Crippen LogP contribution in [0.5, 0.6) is 0 Å². The van der Waals surface area contributed by atoms with Crippen LogP contribution in [-0.2, 0) is 14.3 Å². The van der Waals surface area contributed by atoms with Crippen LogP contribution in [0.1, 0.15) is 70.2 Å². The number of esters is 2. The Hall–Kier alpha value is -3.28. The molecular formula is C20H26N4O7S. The molecular weight excluding hydrogens is 440 g/mol. The fourth-order valence-corrected chi connectivity index (χ4v) is 4.22. The topological polar surface area (TPSA) is 143 Å². The number of thiophene rings is 1. The van der Waals surface area contributed by atoms with Crippen molar-refractivity contribution in [2.45, 2.75) is 54.0 Å². The summed E-state index contributed by atoms with van der Waals surface area (Å²) in [6.07, 6.45) is 0.606. The number of ether oxygens (including phenoxy) is 2. The van der Waals surface area contributed by atoms with E-state index >= 15 is 0 Å². The van der Waals surface area contributed by atoms with E-state index in [1.807, 2.05) is 6.92 Å². The lowest BCUT2D eigenvalue weighted by atomic mass is 10.1. The van der Waals surface area contributed by atoms with Crippen LogP contribution in [0.15, 0.2) is 0 Å². The van der Waals surface area contributed by atoms with Gasteiger partial charge < -0.3 is 14.8 Å². The first-order valence-corrected chi connectivity index (χ1v) is 10.8. The second-order valence-corrected chi connectivity index (χ2v) is 8.02. The van der Waals surface area contributed by atoms with Crippen molar-refractivity contribution in [3.63, 3.8) is 0 Å². The number of nitro groups is 1. The number of aromatic nitrogens is 2. The smallest absolute Gasteiger partial charge is 0.348 e. The fraction of sp³-hybridized carbons (Fsp3) is 0.500. The first-order valence-electron chi connectivity index (χ1n) is 10.0. The highest BCUT2D eigenvalue weighted by atomic mass is 32.1. The molecule has 0 fully saturated rings. The lowest BCUT2D eigenvalue weighted by molar-refractivity contribution is -0.386. The number of hydrogen-bond acceptors (Lipinski definition) is 9. The third-order valence-electron chi connectivity index (χ3n) is 4.70. The lowest BCUT2D eigenvalue weighted by Gasteiger charge is -2.14. The molecule has 174 valence electrons. The summed E-state index contributed by atoms with van der Waals surface area (Å²) in [5.74, 6) is -1.84. The summed E-state index contributed by atoms with van der Waals surface area (Å²) >= 11 is 0.909. The monoisotopic (exact) mass is 466 g/mol. The van der Waals surface area contributed by atoms with Crippen LogP contribution < -0.4 is 5.32 Å². The van der Waals surface area contributed by atoms with Gasteiger partial charge in [-0.05, 0) is 46.6 Å². The number of nitrogens with one attached hydrogen (secondary N) is 1. The van der Waals surface area contributed by atoms with Crippen LogP contribution >= 0.6 is 11.3 Å². The minimum atomic E-state index is -0.921. The van der Waals surface area contributed by atoms with E-state index in [4.69, 9.17) is 9.47 Å². The molecule has 0 aliphatic rings. The molecule has 12 heteroatoms. The minimum Gasteiger partial charge on any atom is -0.462 e. The zero-order chi connectivity index (χ0) is 24.2. The Kier molecular flexibility index (Phi) is 8.08. The first-order chi connectivity index (χ1) is 15.0. The van der Waals surface area contributed by atoms with Crippen LogP contribution in [0.3, 0.4) is 0 Å². The molecule has 1 amide bonds. The van der Waals surface area contributed by atoms with E-state index in [-0.39, 0.29) is 45.7 Å². The number of carbonyl (C=O) groups is 3. The molecule has 0 aromatic carbocycles. The van der Waals surface area contributed by atoms with Crippen molar-refractivity contribution in [1.29, 1.82) is 0 Å². The lowest BCUT2D eigenvalue weighted by Crippen LogP contribution is -2.26. The van der Waals surface area contributed by atoms with Crippen LogP contribution in [0.2, 0.25) is 0 Å². The van der Waals surface area contributed by atoms with Gasteiger partial charge in [-0.25, -0.2) is 9.59 Å². The Bertz CT molecular complexity index is 1060. The van der Waals surface area contributed by atoms with Crippen molar-refractivity contribution in [2.24, 2.45) is 0 Å². The molecule has 0 bridgehead atoms. The normalized spacial score (nSPS) is 11.7. The molecule has 1 atom stereocenters. The van der Waals surface area contributed by atoms with Crippen molar-refractivity contribution in [2.75, 3.05) is 18.5 Å². The Morgan fingerprint density at radius 3 is 2.38 bits per heavy atom. The summed E-state index contributed by atoms with van der Waals surface area (Å²) in [6, 6.07) is -0.921. The summed E-state index contributed by atoms with van der Waals surface area (Å²) in [5.41, 5.74) is 0.676. The third-order valence-corrected chi connectivity index (χ3v) is 5.89. The van der Waals surface area contributed by atoms with E-state index in [2.05, 4.69) is 10.4 Å². The first kappa shape index (κ1) is 25.0. The van der Waals surface area contributed by atoms with Crippen molar-refractivity contribution in [1.82, 2.24) is 9.78 Å². The van der Waals surface area contributed by atoms with Gasteiger partial charge in [0.15, 0.2) is 0 Å². The second-order valence-electron chi connectivity index (χ2n) is 7.00. The molecule has 11 nitrogen and oxygen atoms in total. The van der Waals surface area contributed by atoms with Crippen LogP contribution in [0.4, 0.5) is 10.7 Å². The largest absolute Gasteiger partial charge is 0.462 e. The average molecular weight is 467 g/mol. The Labute approximate surface area is 188 Å². The predicted molar refractivity (Wildman–Crippen MR) is 117 cm³/mol. The number of hydrogen-bond donors (Lipinski definition) is 1. The van der Waals surface area contributed by atoms with E-state index < -0.39 is 28.8 Å². The molecule has 1 N–H and O–H groups in total. The number of amides is 1. The van der Waals surface area contributed by atoms with Gasteiger partial charge in [0.05, 0.1) is 23.7 Å². The highest BCUT2D eigenvalue weighted by molar-refractivity contribution is 7.18. The molecule has 2 aromatic rings. The van der Waals surface area contributed by atoms with E-state index in [1.165, 1.54) is 25.5 Å². The summed E-state index contributed by atoms with van der Waals surface area (Å²) in [4.78, 5) is 48.8. The highest BCUT2D eigenvalue weighted by Gasteiger charge is 2.31. The van der Waals surface area contributed by atoms with Gasteiger partial charge in [0.1, 0.15) is 27.3 Å². The van der Waals surface area contributed by atoms with Crippen LogP contribution in [-0.4, -0.2) is 45.8 Å². The number of carbonyl (C=O) groups excluding carboxylic acids is 3. The summed E-state index contributed by atoms with van der Waals surface area (Å²) in [5, 5.41) is 18.2. The molecule has 0 saturated heterocycles. The second kappa shape index (κ2) is 10.4. The van der Waals surface area contributed by atoms with Gasteiger partial charge in [0, 0.05) is 0 Å². The van der Waals surface area contributed by atoms with Crippen LogP contribution in [0, 0.1) is 30.9 Å². The van der Waals surface area contributed by atoms with E-state index in [0.717, 1.165) is 11.3 Å². The van der Waals surface area contributed by atoms with Crippen molar-refractivity contribution >= 4 is 39.9 Å². The quantitative estimate of drug-likeness (QED) is 0.335. The molecule has 0 aliphatic heterocycles. The van der Waals surface area contributed by atoms with Gasteiger partial charge in [-0.15, -0.1) is 11.3 Å². The van der Waals surface area contributed by atoms with E-state index in [1.54, 1.807) is 13.8 Å². The number of rotatable bonds is 9. The molecule has 2 heterocycles. The molecule has 2 aromatic heterocycles. The molecule has 0 spiro atoms. The molecule has 2 rings (SSSR count). The summed E-state index contributed by atoms with van der Waals surface area (Å²) < 4.78 is 11.5. The predicted octanol–water partition coefficient (Wildman–Crippen LogP) is 3.72. The highest BCUT2D eigenvalue weighted by Crippen LogP contribution is 2.35. The van der Waals surface area contributed by atoms with Gasteiger partial charge in [0.2, 0.25) is 5.91 Å². The Balaban J connectivity index is 2.42. The standard InChI is InChI=1S/C20H26N4O7S/c1-7-9-31-19(26)14-10(3)16(20(27)30-8-2)32-18(14)21-17(25)13(6)23-12(5)15(24(28)29)11(4)22-23/h13H,7-9H2,1-6H3,(H,21,25). The van der Waals surface area contributed by atoms with Crippen molar-refractivity contribution in [3.8, 4) is 0 Å². The van der Waals surface area contributed by atoms with Crippen molar-refractivity contribution < 1.29 is 28.8 Å². The van der Waals surface area contributed by atoms with Gasteiger partial charge >= 0.3 is 17.6 Å².